The van der Waals surface area contributed by atoms with Gasteiger partial charge in [0.25, 0.3) is 0 Å². The summed E-state index contributed by atoms with van der Waals surface area (Å²) in [6.07, 6.45) is 5.92. The number of hydrogen-bond acceptors (Lipinski definition) is 2. The molecule has 0 aliphatic heterocycles. The monoisotopic (exact) mass is 230 g/mol. The molecule has 0 aliphatic carbocycles. The molecular formula is C12H22O4. The van der Waals surface area contributed by atoms with E-state index in [4.69, 9.17) is 10.2 Å². The van der Waals surface area contributed by atoms with E-state index in [2.05, 4.69) is 6.92 Å². The predicted octanol–water partition coefficient (Wildman–Crippen LogP) is 2.91. The quantitative estimate of drug-likeness (QED) is 0.566. The van der Waals surface area contributed by atoms with Gasteiger partial charge in [0.2, 0.25) is 0 Å². The molecule has 0 aromatic carbocycles. The molecule has 0 aromatic heterocycles. The molecule has 0 saturated carbocycles. The van der Waals surface area contributed by atoms with Crippen molar-refractivity contribution in [1.29, 1.82) is 0 Å². The second-order valence-electron chi connectivity index (χ2n) is 4.25. The zero-order chi connectivity index (χ0) is 12.4. The van der Waals surface area contributed by atoms with Crippen molar-refractivity contribution < 1.29 is 19.8 Å². The number of carboxylic acid groups (broad SMARTS) is 2. The molecule has 4 nitrogen and oxygen atoms in total. The summed E-state index contributed by atoms with van der Waals surface area (Å²) in [5, 5.41) is 17.3. The van der Waals surface area contributed by atoms with E-state index in [1.807, 2.05) is 0 Å². The van der Waals surface area contributed by atoms with E-state index in [0.717, 1.165) is 25.7 Å². The van der Waals surface area contributed by atoms with Crippen LogP contribution in [-0.2, 0) is 9.59 Å². The highest BCUT2D eigenvalue weighted by Crippen LogP contribution is 2.19. The second-order valence-corrected chi connectivity index (χ2v) is 4.25. The van der Waals surface area contributed by atoms with Gasteiger partial charge in [-0.1, -0.05) is 32.6 Å². The molecule has 0 heterocycles. The Kier molecular flexibility index (Phi) is 8.58. The van der Waals surface area contributed by atoms with Crippen molar-refractivity contribution >= 4 is 11.9 Å². The van der Waals surface area contributed by atoms with Crippen LogP contribution in [0.4, 0.5) is 0 Å². The molecule has 0 radical (unpaired) electrons. The van der Waals surface area contributed by atoms with Gasteiger partial charge in [0.05, 0.1) is 0 Å². The molecule has 0 saturated heterocycles. The lowest BCUT2D eigenvalue weighted by atomic mass is 9.93. The summed E-state index contributed by atoms with van der Waals surface area (Å²) in [4.78, 5) is 21.0. The molecule has 0 bridgehead atoms. The summed E-state index contributed by atoms with van der Waals surface area (Å²) in [7, 11) is 0. The topological polar surface area (TPSA) is 74.6 Å². The Balaban J connectivity index is 3.80. The standard InChI is InChI=1S/C12H22O4/c1-2-3-4-5-6-10(9-12(15)16)7-8-11(13)14/h10H,2-9H2,1H3,(H,13,14)(H,15,16). The summed E-state index contributed by atoms with van der Waals surface area (Å²) < 4.78 is 0. The first kappa shape index (κ1) is 14.9. The number of unbranched alkanes of at least 4 members (excludes halogenated alkanes) is 3. The largest absolute Gasteiger partial charge is 0.481 e. The number of carboxylic acids is 2. The highest BCUT2D eigenvalue weighted by molar-refractivity contribution is 5.68. The van der Waals surface area contributed by atoms with Crippen LogP contribution >= 0.6 is 0 Å². The van der Waals surface area contributed by atoms with E-state index in [9.17, 15) is 9.59 Å². The number of carbonyl (C=O) groups is 2. The van der Waals surface area contributed by atoms with Crippen molar-refractivity contribution in [2.75, 3.05) is 0 Å². The normalized spacial score (nSPS) is 12.3. The van der Waals surface area contributed by atoms with Crippen molar-refractivity contribution in [2.45, 2.75) is 58.3 Å². The molecule has 0 aromatic rings. The van der Waals surface area contributed by atoms with Gasteiger partial charge in [-0.25, -0.2) is 0 Å². The Hall–Kier alpha value is -1.06. The molecular weight excluding hydrogens is 208 g/mol. The minimum Gasteiger partial charge on any atom is -0.481 e. The van der Waals surface area contributed by atoms with Crippen molar-refractivity contribution in [2.24, 2.45) is 5.92 Å². The minimum atomic E-state index is -0.844. The summed E-state index contributed by atoms with van der Waals surface area (Å²) in [5.74, 6) is -1.65. The first-order chi connectivity index (χ1) is 7.56. The van der Waals surface area contributed by atoms with Gasteiger partial charge in [-0.05, 0) is 18.8 Å². The highest BCUT2D eigenvalue weighted by Gasteiger charge is 2.14. The Morgan fingerprint density at radius 1 is 1.00 bits per heavy atom. The van der Waals surface area contributed by atoms with Crippen molar-refractivity contribution in [3.63, 3.8) is 0 Å². The fourth-order valence-electron chi connectivity index (χ4n) is 1.78. The Labute approximate surface area is 96.7 Å². The van der Waals surface area contributed by atoms with E-state index in [1.54, 1.807) is 0 Å². The van der Waals surface area contributed by atoms with Crippen LogP contribution in [0.15, 0.2) is 0 Å². The van der Waals surface area contributed by atoms with E-state index in [-0.39, 0.29) is 18.8 Å². The van der Waals surface area contributed by atoms with Crippen LogP contribution in [0.1, 0.15) is 58.3 Å². The van der Waals surface area contributed by atoms with E-state index < -0.39 is 11.9 Å². The van der Waals surface area contributed by atoms with Crippen LogP contribution in [-0.4, -0.2) is 22.2 Å². The molecule has 0 rings (SSSR count). The molecule has 0 fully saturated rings. The summed E-state index contributed by atoms with van der Waals surface area (Å²) in [6.45, 7) is 2.12. The lowest BCUT2D eigenvalue weighted by Gasteiger charge is -2.13. The maximum absolute atomic E-state index is 10.6. The first-order valence-electron chi connectivity index (χ1n) is 5.99. The lowest BCUT2D eigenvalue weighted by molar-refractivity contribution is -0.140. The molecule has 94 valence electrons. The number of rotatable bonds is 10. The van der Waals surface area contributed by atoms with E-state index in [1.165, 1.54) is 6.42 Å². The van der Waals surface area contributed by atoms with Crippen LogP contribution in [0, 0.1) is 5.92 Å². The van der Waals surface area contributed by atoms with Gasteiger partial charge in [0.1, 0.15) is 0 Å². The average Bonchev–Trinajstić information content (AvgIpc) is 2.19. The SMILES string of the molecule is CCCCCCC(CCC(=O)O)CC(=O)O. The third-order valence-electron chi connectivity index (χ3n) is 2.70. The minimum absolute atomic E-state index is 0.0189. The van der Waals surface area contributed by atoms with Gasteiger partial charge in [-0.15, -0.1) is 0 Å². The molecule has 0 aliphatic rings. The van der Waals surface area contributed by atoms with Gasteiger partial charge in [-0.2, -0.15) is 0 Å². The van der Waals surface area contributed by atoms with Crippen LogP contribution in [0.3, 0.4) is 0 Å². The molecule has 4 heteroatoms. The Morgan fingerprint density at radius 2 is 1.69 bits per heavy atom. The Morgan fingerprint density at radius 3 is 2.19 bits per heavy atom. The van der Waals surface area contributed by atoms with Crippen LogP contribution < -0.4 is 0 Å². The third kappa shape index (κ3) is 9.49. The van der Waals surface area contributed by atoms with E-state index >= 15 is 0 Å². The molecule has 16 heavy (non-hydrogen) atoms. The van der Waals surface area contributed by atoms with Crippen LogP contribution in [0.25, 0.3) is 0 Å². The average molecular weight is 230 g/mol. The van der Waals surface area contributed by atoms with Crippen LogP contribution in [0.2, 0.25) is 0 Å². The van der Waals surface area contributed by atoms with Crippen molar-refractivity contribution in [3.05, 3.63) is 0 Å². The fraction of sp³-hybridized carbons (Fsp3) is 0.833. The van der Waals surface area contributed by atoms with Crippen molar-refractivity contribution in [1.82, 2.24) is 0 Å². The lowest BCUT2D eigenvalue weighted by Crippen LogP contribution is -2.10. The zero-order valence-corrected chi connectivity index (χ0v) is 9.95. The summed E-state index contributed by atoms with van der Waals surface area (Å²) >= 11 is 0. The van der Waals surface area contributed by atoms with E-state index in [0.29, 0.717) is 6.42 Å². The number of hydrogen-bond donors (Lipinski definition) is 2. The third-order valence-corrected chi connectivity index (χ3v) is 2.70. The van der Waals surface area contributed by atoms with Crippen molar-refractivity contribution in [3.8, 4) is 0 Å². The smallest absolute Gasteiger partial charge is 0.303 e. The molecule has 0 spiro atoms. The van der Waals surface area contributed by atoms with Gasteiger partial charge in [0, 0.05) is 12.8 Å². The molecule has 2 N–H and O–H groups in total. The Bertz CT molecular complexity index is 213. The predicted molar refractivity (Wildman–Crippen MR) is 61.4 cm³/mol. The molecule has 0 amide bonds. The number of aliphatic carboxylic acids is 2. The molecule has 1 atom stereocenters. The summed E-state index contributed by atoms with van der Waals surface area (Å²) in [5.41, 5.74) is 0. The first-order valence-corrected chi connectivity index (χ1v) is 5.99. The van der Waals surface area contributed by atoms with Gasteiger partial charge in [0.15, 0.2) is 0 Å². The highest BCUT2D eigenvalue weighted by atomic mass is 16.4. The van der Waals surface area contributed by atoms with Gasteiger partial charge >= 0.3 is 11.9 Å². The van der Waals surface area contributed by atoms with Gasteiger partial charge in [-0.3, -0.25) is 9.59 Å². The van der Waals surface area contributed by atoms with Crippen LogP contribution in [0.5, 0.6) is 0 Å². The zero-order valence-electron chi connectivity index (χ0n) is 9.95. The van der Waals surface area contributed by atoms with Gasteiger partial charge < -0.3 is 10.2 Å². The maximum Gasteiger partial charge on any atom is 0.303 e. The summed E-state index contributed by atoms with van der Waals surface area (Å²) in [6, 6.07) is 0. The second kappa shape index (κ2) is 9.19. The fourth-order valence-corrected chi connectivity index (χ4v) is 1.78. The maximum atomic E-state index is 10.6. The molecule has 1 unspecified atom stereocenters.